The Morgan fingerprint density at radius 1 is 1.03 bits per heavy atom. The third-order valence-electron chi connectivity index (χ3n) is 3.99. The Labute approximate surface area is 169 Å². The van der Waals surface area contributed by atoms with Gasteiger partial charge in [-0.1, -0.05) is 46.7 Å². The van der Waals surface area contributed by atoms with Crippen LogP contribution in [-0.4, -0.2) is 31.6 Å². The third kappa shape index (κ3) is 6.27. The summed E-state index contributed by atoms with van der Waals surface area (Å²) in [5.74, 6) is -0.894. The summed E-state index contributed by atoms with van der Waals surface area (Å²) in [5, 5.41) is 7.86. The molecule has 0 saturated heterocycles. The predicted molar refractivity (Wildman–Crippen MR) is 110 cm³/mol. The quantitative estimate of drug-likeness (QED) is 0.377. The molecule has 0 spiro atoms. The summed E-state index contributed by atoms with van der Waals surface area (Å²) in [6.07, 6.45) is 1.84. The minimum atomic E-state index is -0.614. The van der Waals surface area contributed by atoms with Gasteiger partial charge in [-0.05, 0) is 43.2 Å². The molecule has 0 aliphatic rings. The highest BCUT2D eigenvalue weighted by molar-refractivity contribution is 6.43. The van der Waals surface area contributed by atoms with Crippen molar-refractivity contribution in [1.29, 1.82) is 0 Å². The van der Waals surface area contributed by atoms with E-state index in [1.54, 1.807) is 37.3 Å². The highest BCUT2D eigenvalue weighted by atomic mass is 19.1. The standard InChI is InChI=1S/C22H23FN2O4/c1-15(17-9-11-19(23)12-10-17)13-16(2)24-29-14-18-7-5-6-8-20(18)21(25-28-4)22(26)27-3/h5-13H,14H2,1-4H3/b15-13+,24-16+,25-21+. The van der Waals surface area contributed by atoms with E-state index in [2.05, 4.69) is 10.3 Å². The van der Waals surface area contributed by atoms with Crippen molar-refractivity contribution in [2.45, 2.75) is 20.5 Å². The molecule has 2 aromatic carbocycles. The average molecular weight is 398 g/mol. The van der Waals surface area contributed by atoms with Crippen LogP contribution in [-0.2, 0) is 25.8 Å². The Kier molecular flexibility index (Phi) is 8.09. The molecule has 0 aromatic heterocycles. The Balaban J connectivity index is 2.13. The number of oxime groups is 2. The summed E-state index contributed by atoms with van der Waals surface area (Å²) < 4.78 is 17.8. The first kappa shape index (κ1) is 21.8. The van der Waals surface area contributed by atoms with Crippen molar-refractivity contribution >= 4 is 23.0 Å². The molecule has 7 heteroatoms. The first-order valence-electron chi connectivity index (χ1n) is 8.84. The lowest BCUT2D eigenvalue weighted by Crippen LogP contribution is -2.19. The highest BCUT2D eigenvalue weighted by Crippen LogP contribution is 2.15. The maximum absolute atomic E-state index is 13.0. The van der Waals surface area contributed by atoms with Crippen LogP contribution in [0.3, 0.4) is 0 Å². The van der Waals surface area contributed by atoms with Crippen LogP contribution in [0.4, 0.5) is 4.39 Å². The molecule has 0 unspecified atom stereocenters. The summed E-state index contributed by atoms with van der Waals surface area (Å²) in [4.78, 5) is 22.2. The molecule has 0 heterocycles. The van der Waals surface area contributed by atoms with Gasteiger partial charge in [0.1, 0.15) is 19.5 Å². The Morgan fingerprint density at radius 2 is 1.72 bits per heavy atom. The van der Waals surface area contributed by atoms with E-state index in [9.17, 15) is 9.18 Å². The van der Waals surface area contributed by atoms with Gasteiger partial charge in [-0.25, -0.2) is 9.18 Å². The van der Waals surface area contributed by atoms with Crippen LogP contribution >= 0.6 is 0 Å². The molecule has 152 valence electrons. The van der Waals surface area contributed by atoms with Crippen molar-refractivity contribution in [3.8, 4) is 0 Å². The minimum absolute atomic E-state index is 0.0435. The lowest BCUT2D eigenvalue weighted by molar-refractivity contribution is -0.132. The molecule has 0 fully saturated rings. The normalized spacial score (nSPS) is 12.5. The van der Waals surface area contributed by atoms with E-state index < -0.39 is 5.97 Å². The third-order valence-corrected chi connectivity index (χ3v) is 3.99. The minimum Gasteiger partial charge on any atom is -0.464 e. The topological polar surface area (TPSA) is 69.5 Å². The molecule has 0 radical (unpaired) electrons. The predicted octanol–water partition coefficient (Wildman–Crippen LogP) is 4.35. The lowest BCUT2D eigenvalue weighted by Gasteiger charge is -2.09. The number of halogens is 1. The van der Waals surface area contributed by atoms with Crippen LogP contribution in [0.1, 0.15) is 30.5 Å². The first-order chi connectivity index (χ1) is 14.0. The van der Waals surface area contributed by atoms with Gasteiger partial charge in [0.15, 0.2) is 5.71 Å². The number of carbonyl (C=O) groups excluding carboxylic acids is 1. The Bertz CT molecular complexity index is 934. The molecule has 6 nitrogen and oxygen atoms in total. The molecule has 2 rings (SSSR count). The number of carbonyl (C=O) groups is 1. The monoisotopic (exact) mass is 398 g/mol. The number of nitrogens with zero attached hydrogens (tertiary/aromatic N) is 2. The maximum Gasteiger partial charge on any atom is 0.360 e. The molecule has 29 heavy (non-hydrogen) atoms. The van der Waals surface area contributed by atoms with Gasteiger partial charge < -0.3 is 14.4 Å². The summed E-state index contributed by atoms with van der Waals surface area (Å²) in [6.45, 7) is 3.83. The van der Waals surface area contributed by atoms with Crippen LogP contribution in [0.2, 0.25) is 0 Å². The fourth-order valence-corrected chi connectivity index (χ4v) is 2.60. The van der Waals surface area contributed by atoms with Crippen molar-refractivity contribution in [3.63, 3.8) is 0 Å². The Hall–Kier alpha value is -3.48. The van der Waals surface area contributed by atoms with Gasteiger partial charge in [0.2, 0.25) is 0 Å². The van der Waals surface area contributed by atoms with Gasteiger partial charge in [0, 0.05) is 11.1 Å². The van der Waals surface area contributed by atoms with Crippen LogP contribution in [0.25, 0.3) is 5.57 Å². The number of benzene rings is 2. The van der Waals surface area contributed by atoms with Crippen LogP contribution in [0.15, 0.2) is 64.9 Å². The number of allylic oxidation sites excluding steroid dienone is 2. The molecule has 0 amide bonds. The lowest BCUT2D eigenvalue weighted by atomic mass is 10.0. The van der Waals surface area contributed by atoms with Crippen molar-refractivity contribution in [2.75, 3.05) is 14.2 Å². The zero-order chi connectivity index (χ0) is 21.2. The zero-order valence-electron chi connectivity index (χ0n) is 16.8. The largest absolute Gasteiger partial charge is 0.464 e. The molecule has 0 atom stereocenters. The average Bonchev–Trinajstić information content (AvgIpc) is 2.72. The van der Waals surface area contributed by atoms with E-state index in [1.807, 2.05) is 19.1 Å². The Morgan fingerprint density at radius 3 is 2.38 bits per heavy atom. The van der Waals surface area contributed by atoms with Gasteiger partial charge in [0.25, 0.3) is 0 Å². The van der Waals surface area contributed by atoms with E-state index in [4.69, 9.17) is 14.4 Å². The number of rotatable bonds is 8. The summed E-state index contributed by atoms with van der Waals surface area (Å²) in [6, 6.07) is 13.3. The molecule has 0 aliphatic carbocycles. The van der Waals surface area contributed by atoms with Crippen LogP contribution in [0.5, 0.6) is 0 Å². The van der Waals surface area contributed by atoms with Crippen molar-refractivity contribution in [1.82, 2.24) is 0 Å². The SMILES string of the molecule is CO/N=C(/C(=O)OC)c1ccccc1CO/N=C(C)/C=C(\C)c1ccc(F)cc1. The number of ether oxygens (including phenoxy) is 1. The highest BCUT2D eigenvalue weighted by Gasteiger charge is 2.19. The smallest absolute Gasteiger partial charge is 0.360 e. The molecular weight excluding hydrogens is 375 g/mol. The maximum atomic E-state index is 13.0. The zero-order valence-corrected chi connectivity index (χ0v) is 16.8. The van der Waals surface area contributed by atoms with E-state index in [0.29, 0.717) is 16.8 Å². The van der Waals surface area contributed by atoms with Crippen molar-refractivity contribution in [3.05, 3.63) is 77.1 Å². The van der Waals surface area contributed by atoms with Gasteiger partial charge in [0.05, 0.1) is 12.8 Å². The molecular formula is C22H23FN2O4. The number of hydrogen-bond acceptors (Lipinski definition) is 6. The van der Waals surface area contributed by atoms with Gasteiger partial charge >= 0.3 is 5.97 Å². The second kappa shape index (κ2) is 10.8. The summed E-state index contributed by atoms with van der Waals surface area (Å²) in [7, 11) is 2.63. The molecule has 0 aliphatic heterocycles. The van der Waals surface area contributed by atoms with Crippen molar-refractivity contribution < 1.29 is 23.6 Å². The number of hydrogen-bond donors (Lipinski definition) is 0. The molecule has 0 N–H and O–H groups in total. The first-order valence-corrected chi connectivity index (χ1v) is 8.84. The van der Waals surface area contributed by atoms with E-state index >= 15 is 0 Å². The van der Waals surface area contributed by atoms with E-state index in [1.165, 1.54) is 26.4 Å². The fourth-order valence-electron chi connectivity index (χ4n) is 2.60. The number of esters is 1. The van der Waals surface area contributed by atoms with Gasteiger partial charge in [-0.15, -0.1) is 0 Å². The van der Waals surface area contributed by atoms with E-state index in [0.717, 1.165) is 11.1 Å². The molecule has 2 aromatic rings. The second-order valence-electron chi connectivity index (χ2n) is 6.11. The van der Waals surface area contributed by atoms with Crippen LogP contribution in [0, 0.1) is 5.82 Å². The number of methoxy groups -OCH3 is 1. The van der Waals surface area contributed by atoms with Gasteiger partial charge in [-0.2, -0.15) is 0 Å². The molecule has 0 bridgehead atoms. The fraction of sp³-hybridized carbons (Fsp3) is 0.227. The molecule has 0 saturated carbocycles. The van der Waals surface area contributed by atoms with Gasteiger partial charge in [-0.3, -0.25) is 0 Å². The second-order valence-corrected chi connectivity index (χ2v) is 6.11. The summed E-state index contributed by atoms with van der Waals surface area (Å²) >= 11 is 0. The summed E-state index contributed by atoms with van der Waals surface area (Å²) in [5.41, 5.74) is 3.74. The van der Waals surface area contributed by atoms with Crippen LogP contribution < -0.4 is 0 Å². The van der Waals surface area contributed by atoms with E-state index in [-0.39, 0.29) is 18.1 Å². The van der Waals surface area contributed by atoms with Crippen molar-refractivity contribution in [2.24, 2.45) is 10.3 Å².